The Labute approximate surface area is 463 Å². The average molecular weight is 1040 g/mol. The Morgan fingerprint density at radius 2 is 0.667 bits per heavy atom. The summed E-state index contributed by atoms with van der Waals surface area (Å²) in [5.41, 5.74) is 17.2. The van der Waals surface area contributed by atoms with Gasteiger partial charge in [0, 0.05) is 80.5 Å². The summed E-state index contributed by atoms with van der Waals surface area (Å²) in [5.74, 6) is 2.41. The van der Waals surface area contributed by atoms with E-state index in [9.17, 15) is 0 Å². The van der Waals surface area contributed by atoms with Crippen molar-refractivity contribution in [2.45, 2.75) is 6.54 Å². The van der Waals surface area contributed by atoms with E-state index in [2.05, 4.69) is 150 Å². The van der Waals surface area contributed by atoms with Crippen LogP contribution in [0.5, 0.6) is 0 Å². The number of rotatable bonds is 9. The zero-order valence-electron chi connectivity index (χ0n) is 43.3. The van der Waals surface area contributed by atoms with Crippen molar-refractivity contribution in [2.24, 2.45) is 0 Å². The number of hydrogen-bond donors (Lipinski definition) is 1. The first-order chi connectivity index (χ1) is 40.1. The van der Waals surface area contributed by atoms with Crippen LogP contribution in [-0.2, 0) is 6.54 Å². The van der Waals surface area contributed by atoms with E-state index in [1.165, 1.54) is 10.9 Å². The van der Waals surface area contributed by atoms with Crippen LogP contribution in [-0.4, -0.2) is 53.6 Å². The van der Waals surface area contributed by atoms with Crippen LogP contribution in [0.3, 0.4) is 0 Å². The molecule has 4 aromatic carbocycles. The fourth-order valence-corrected chi connectivity index (χ4v) is 11.7. The van der Waals surface area contributed by atoms with Gasteiger partial charge < -0.3 is 5.32 Å². The smallest absolute Gasteiger partial charge is 0.138 e. The third-order valence-corrected chi connectivity index (χ3v) is 15.4. The van der Waals surface area contributed by atoms with Crippen LogP contribution in [0.15, 0.2) is 243 Å². The molecule has 0 unspecified atom stereocenters. The van der Waals surface area contributed by atoms with Gasteiger partial charge in [0.25, 0.3) is 0 Å². The van der Waals surface area contributed by atoms with E-state index in [1.54, 1.807) is 0 Å². The highest BCUT2D eigenvalue weighted by Crippen LogP contribution is 2.38. The van der Waals surface area contributed by atoms with Gasteiger partial charge in [-0.25, -0.2) is 29.9 Å². The molecule has 16 rings (SSSR count). The minimum Gasteiger partial charge on any atom is -0.387 e. The molecule has 11 aromatic heterocycles. The second-order valence-electron chi connectivity index (χ2n) is 20.1. The number of para-hydroxylation sites is 3. The fraction of sp³-hybridized carbons (Fsp3) is 0.0145. The maximum absolute atomic E-state index is 5.37. The first-order valence-corrected chi connectivity index (χ1v) is 26.8. The molecule has 12 heterocycles. The van der Waals surface area contributed by atoms with Crippen molar-refractivity contribution in [3.8, 4) is 85.4 Å². The highest BCUT2D eigenvalue weighted by atomic mass is 15.1. The SMILES string of the molecule is C1=Cc2c(c3ccccc3n2-c2cccc(-c3cccc(-c4cc(-c5cccc(-c6cccc(-n7c8ccccc8c8cnccc87)n6)n5)cc(-c5cccc(-c6cccc(-n7c8ccccc8c8cnccc87)n6)n5)c4)n3)n2)CN1. The standard InChI is InChI=1S/C69H44N12/c1-4-25-61-46(13-1)49-40-70-34-31-64(49)79(61)67-28-10-22-58(76-67)55-19-7-16-52(73-55)43-37-44(53-17-8-20-56(74-53)59-23-11-29-68(77-59)80-62-26-5-2-14-47(62)50-41-71-35-32-65(50)80)39-45(38-43)54-18-9-21-57(75-54)60-24-12-30-69(78-60)81-63-27-6-3-15-48(63)51-42-72-36-33-66(51)81/h1-41,72H,42H2. The molecule has 0 spiro atoms. The second-order valence-corrected chi connectivity index (χ2v) is 20.1. The maximum atomic E-state index is 5.37. The summed E-state index contributed by atoms with van der Waals surface area (Å²) in [6, 6.07) is 72.6. The van der Waals surface area contributed by atoms with Gasteiger partial charge in [-0.15, -0.1) is 0 Å². The normalized spacial score (nSPS) is 12.2. The highest BCUT2D eigenvalue weighted by molar-refractivity contribution is 6.09. The summed E-state index contributed by atoms with van der Waals surface area (Å²) in [4.78, 5) is 40.9. The molecule has 1 aliphatic rings. The van der Waals surface area contributed by atoms with Crippen LogP contribution in [0.2, 0.25) is 0 Å². The number of fused-ring (bicyclic) bond motifs is 9. The molecule has 0 amide bonds. The molecule has 15 aromatic rings. The fourth-order valence-electron chi connectivity index (χ4n) is 11.7. The predicted molar refractivity (Wildman–Crippen MR) is 323 cm³/mol. The van der Waals surface area contributed by atoms with Crippen molar-refractivity contribution in [1.29, 1.82) is 0 Å². The number of benzene rings is 4. The highest BCUT2D eigenvalue weighted by Gasteiger charge is 2.21. The van der Waals surface area contributed by atoms with Crippen LogP contribution in [0, 0.1) is 0 Å². The summed E-state index contributed by atoms with van der Waals surface area (Å²) in [5, 5.41) is 8.99. The number of nitrogens with one attached hydrogen (secondary N) is 1. The number of nitrogens with zero attached hydrogens (tertiary/aromatic N) is 11. The monoisotopic (exact) mass is 1040 g/mol. The Balaban J connectivity index is 0.815. The molecule has 1 N–H and O–H groups in total. The van der Waals surface area contributed by atoms with E-state index < -0.39 is 0 Å². The van der Waals surface area contributed by atoms with E-state index >= 15 is 0 Å². The average Bonchev–Trinajstić information content (AvgIpc) is 4.40. The lowest BCUT2D eigenvalue weighted by atomic mass is 9.98. The molecular formula is C69H44N12. The van der Waals surface area contributed by atoms with Gasteiger partial charge in [0.1, 0.15) is 17.5 Å². The van der Waals surface area contributed by atoms with Crippen molar-refractivity contribution < 1.29 is 0 Å². The minimum atomic E-state index is 0.740. The lowest BCUT2D eigenvalue weighted by Crippen LogP contribution is -2.11. The van der Waals surface area contributed by atoms with Crippen LogP contribution in [0.25, 0.3) is 146 Å². The Kier molecular flexibility index (Phi) is 10.6. The molecule has 0 saturated carbocycles. The van der Waals surface area contributed by atoms with Crippen molar-refractivity contribution >= 4 is 60.6 Å². The zero-order valence-corrected chi connectivity index (χ0v) is 43.3. The zero-order chi connectivity index (χ0) is 53.4. The van der Waals surface area contributed by atoms with E-state index in [-0.39, 0.29) is 0 Å². The van der Waals surface area contributed by atoms with E-state index in [4.69, 9.17) is 29.9 Å². The Morgan fingerprint density at radius 3 is 1.12 bits per heavy atom. The number of hydrogen-bond acceptors (Lipinski definition) is 9. The van der Waals surface area contributed by atoms with Gasteiger partial charge in [-0.2, -0.15) is 0 Å². The number of aromatic nitrogens is 11. The molecular weight excluding hydrogens is 997 g/mol. The first-order valence-electron chi connectivity index (χ1n) is 26.8. The van der Waals surface area contributed by atoms with Crippen LogP contribution >= 0.6 is 0 Å². The van der Waals surface area contributed by atoms with Gasteiger partial charge in [-0.05, 0) is 134 Å². The molecule has 12 nitrogen and oxygen atoms in total. The van der Waals surface area contributed by atoms with Crippen molar-refractivity contribution in [2.75, 3.05) is 0 Å². The van der Waals surface area contributed by atoms with Gasteiger partial charge in [0.15, 0.2) is 0 Å². The van der Waals surface area contributed by atoms with Crippen molar-refractivity contribution in [3.05, 3.63) is 255 Å². The van der Waals surface area contributed by atoms with Gasteiger partial charge in [0.05, 0.1) is 84.5 Å². The van der Waals surface area contributed by atoms with Gasteiger partial charge in [-0.1, -0.05) is 91.0 Å². The molecule has 380 valence electrons. The third-order valence-electron chi connectivity index (χ3n) is 15.4. The lowest BCUT2D eigenvalue weighted by molar-refractivity contribution is 0.852. The molecule has 12 heteroatoms. The van der Waals surface area contributed by atoms with Crippen LogP contribution < -0.4 is 5.32 Å². The molecule has 1 aliphatic heterocycles. The Hall–Kier alpha value is -11.2. The summed E-state index contributed by atoms with van der Waals surface area (Å²) in [6.07, 6.45) is 11.6. The summed E-state index contributed by atoms with van der Waals surface area (Å²) < 4.78 is 6.64. The third kappa shape index (κ3) is 7.76. The van der Waals surface area contributed by atoms with E-state index in [1.807, 2.05) is 128 Å². The topological polar surface area (TPSA) is 130 Å². The molecule has 81 heavy (non-hydrogen) atoms. The first kappa shape index (κ1) is 45.9. The maximum Gasteiger partial charge on any atom is 0.138 e. The predicted octanol–water partition coefficient (Wildman–Crippen LogP) is 15.1. The Bertz CT molecular complexity index is 4720. The molecule has 0 radical (unpaired) electrons. The molecule has 0 aliphatic carbocycles. The second kappa shape index (κ2) is 18.7. The molecule has 0 fully saturated rings. The van der Waals surface area contributed by atoms with Gasteiger partial charge in [-0.3, -0.25) is 23.7 Å². The van der Waals surface area contributed by atoms with Crippen LogP contribution in [0.4, 0.5) is 0 Å². The van der Waals surface area contributed by atoms with Gasteiger partial charge >= 0.3 is 0 Å². The molecule has 0 bridgehead atoms. The largest absolute Gasteiger partial charge is 0.387 e. The Morgan fingerprint density at radius 1 is 0.309 bits per heavy atom. The summed E-state index contributed by atoms with van der Waals surface area (Å²) in [7, 11) is 0. The van der Waals surface area contributed by atoms with Crippen molar-refractivity contribution in [1.82, 2.24) is 58.9 Å². The van der Waals surface area contributed by atoms with Crippen molar-refractivity contribution in [3.63, 3.8) is 0 Å². The summed E-state index contributed by atoms with van der Waals surface area (Å²) >= 11 is 0. The number of pyridine rings is 8. The van der Waals surface area contributed by atoms with Gasteiger partial charge in [0.2, 0.25) is 0 Å². The van der Waals surface area contributed by atoms with E-state index in [0.717, 1.165) is 147 Å². The molecule has 0 atom stereocenters. The molecule has 0 saturated heterocycles. The van der Waals surface area contributed by atoms with E-state index in [0.29, 0.717) is 0 Å². The summed E-state index contributed by atoms with van der Waals surface area (Å²) in [6.45, 7) is 0.751. The lowest BCUT2D eigenvalue weighted by Gasteiger charge is -2.14. The minimum absolute atomic E-state index is 0.740. The quantitative estimate of drug-likeness (QED) is 0.150. The van der Waals surface area contributed by atoms with Crippen LogP contribution in [0.1, 0.15) is 11.3 Å².